The lowest BCUT2D eigenvalue weighted by atomic mass is 10.2. The standard InChI is InChI=1S/C7H9N.C4H7NO2S/c1-6-2-4-7(8)5-3-6;6-8(7)4-2-1-3-5-4/h2-5H,8H2,1H3;5H,1-3H2. The van der Waals surface area contributed by atoms with Gasteiger partial charge in [0.1, 0.15) is 4.99 Å². The van der Waals surface area contributed by atoms with Crippen LogP contribution in [0.4, 0.5) is 5.69 Å². The van der Waals surface area contributed by atoms with Crippen molar-refractivity contribution in [2.75, 3.05) is 12.3 Å². The molecule has 0 atom stereocenters. The first-order chi connectivity index (χ1) is 7.59. The fourth-order valence-corrected chi connectivity index (χ4v) is 1.80. The van der Waals surface area contributed by atoms with Gasteiger partial charge in [0.05, 0.1) is 0 Å². The molecule has 1 saturated heterocycles. The maximum atomic E-state index is 10.1. The molecule has 0 amide bonds. The van der Waals surface area contributed by atoms with Crippen LogP contribution in [0.2, 0.25) is 0 Å². The van der Waals surface area contributed by atoms with Crippen molar-refractivity contribution in [3.05, 3.63) is 29.8 Å². The highest BCUT2D eigenvalue weighted by atomic mass is 32.2. The number of hydrogen-bond acceptors (Lipinski definition) is 3. The summed E-state index contributed by atoms with van der Waals surface area (Å²) in [6.45, 7) is 2.85. The second kappa shape index (κ2) is 6.30. The zero-order valence-electron chi connectivity index (χ0n) is 9.23. The van der Waals surface area contributed by atoms with Gasteiger partial charge in [0.15, 0.2) is 0 Å². The third-order valence-corrected chi connectivity index (χ3v) is 2.93. The summed E-state index contributed by atoms with van der Waals surface area (Å²) in [5.74, 6) is 0. The largest absolute Gasteiger partial charge is 0.399 e. The summed E-state index contributed by atoms with van der Waals surface area (Å²) in [5, 5.41) is 2.76. The first kappa shape index (κ1) is 12.7. The minimum atomic E-state index is -1.99. The Morgan fingerprint density at radius 1 is 1.25 bits per heavy atom. The van der Waals surface area contributed by atoms with Crippen molar-refractivity contribution >= 4 is 21.0 Å². The molecule has 0 aromatic heterocycles. The molecule has 1 aromatic carbocycles. The molecule has 0 spiro atoms. The van der Waals surface area contributed by atoms with Gasteiger partial charge >= 0.3 is 0 Å². The fraction of sp³-hybridized carbons (Fsp3) is 0.364. The summed E-state index contributed by atoms with van der Waals surface area (Å²) < 4.78 is 20.2. The average molecular weight is 240 g/mol. The first-order valence-electron chi connectivity index (χ1n) is 5.10. The zero-order chi connectivity index (χ0) is 12.0. The van der Waals surface area contributed by atoms with E-state index in [1.165, 1.54) is 5.56 Å². The van der Waals surface area contributed by atoms with E-state index in [1.54, 1.807) is 0 Å². The molecule has 5 heteroatoms. The average Bonchev–Trinajstić information content (AvgIpc) is 2.77. The number of aryl methyl sites for hydroxylation is 1. The van der Waals surface area contributed by atoms with E-state index in [4.69, 9.17) is 5.73 Å². The van der Waals surface area contributed by atoms with Gasteiger partial charge in [-0.3, -0.25) is 5.32 Å². The Hall–Kier alpha value is -1.33. The highest BCUT2D eigenvalue weighted by Gasteiger charge is 2.06. The van der Waals surface area contributed by atoms with Gasteiger partial charge in [0.2, 0.25) is 10.3 Å². The van der Waals surface area contributed by atoms with E-state index in [-0.39, 0.29) is 0 Å². The number of anilines is 1. The molecule has 0 saturated carbocycles. The van der Waals surface area contributed by atoms with E-state index in [2.05, 4.69) is 5.32 Å². The van der Waals surface area contributed by atoms with E-state index in [0.717, 1.165) is 18.7 Å². The van der Waals surface area contributed by atoms with Crippen LogP contribution in [0, 0.1) is 6.92 Å². The lowest BCUT2D eigenvalue weighted by molar-refractivity contribution is 0.626. The van der Waals surface area contributed by atoms with Crippen molar-refractivity contribution in [1.29, 1.82) is 0 Å². The minimum absolute atomic E-state index is 0.463. The normalized spacial score (nSPS) is 14.2. The predicted molar refractivity (Wildman–Crippen MR) is 66.8 cm³/mol. The number of rotatable bonds is 0. The van der Waals surface area contributed by atoms with Crippen molar-refractivity contribution in [3.8, 4) is 0 Å². The molecule has 1 heterocycles. The summed E-state index contributed by atoms with van der Waals surface area (Å²) in [5.41, 5.74) is 7.51. The SMILES string of the molecule is Cc1ccc(N)cc1.O=S(=O)=C1CCCN1. The maximum absolute atomic E-state index is 10.1. The van der Waals surface area contributed by atoms with Crippen molar-refractivity contribution in [1.82, 2.24) is 5.32 Å². The van der Waals surface area contributed by atoms with Crippen LogP contribution in [-0.4, -0.2) is 20.0 Å². The Balaban J connectivity index is 0.000000160. The van der Waals surface area contributed by atoms with E-state index in [0.29, 0.717) is 11.4 Å². The van der Waals surface area contributed by atoms with Gasteiger partial charge in [0.25, 0.3) is 0 Å². The molecule has 2 rings (SSSR count). The van der Waals surface area contributed by atoms with Crippen molar-refractivity contribution in [3.63, 3.8) is 0 Å². The van der Waals surface area contributed by atoms with Crippen LogP contribution in [0.1, 0.15) is 18.4 Å². The van der Waals surface area contributed by atoms with Gasteiger partial charge in [-0.05, 0) is 31.9 Å². The van der Waals surface area contributed by atoms with E-state index < -0.39 is 10.3 Å². The lowest BCUT2D eigenvalue weighted by Gasteiger charge is -1.90. The van der Waals surface area contributed by atoms with Gasteiger partial charge in [-0.2, -0.15) is 8.42 Å². The summed E-state index contributed by atoms with van der Waals surface area (Å²) in [6, 6.07) is 7.79. The third-order valence-electron chi connectivity index (χ3n) is 2.18. The Morgan fingerprint density at radius 2 is 1.88 bits per heavy atom. The summed E-state index contributed by atoms with van der Waals surface area (Å²) in [7, 11) is -1.99. The molecule has 1 aromatic rings. The quantitative estimate of drug-likeness (QED) is 0.523. The highest BCUT2D eigenvalue weighted by molar-refractivity contribution is 7.72. The molecule has 0 aliphatic carbocycles. The Morgan fingerprint density at radius 3 is 2.19 bits per heavy atom. The fourth-order valence-electron chi connectivity index (χ4n) is 1.27. The van der Waals surface area contributed by atoms with Crippen LogP contribution >= 0.6 is 0 Å². The predicted octanol–water partition coefficient (Wildman–Crippen LogP) is 0.956. The minimum Gasteiger partial charge on any atom is -0.399 e. The molecular weight excluding hydrogens is 224 g/mol. The third kappa shape index (κ3) is 4.46. The topological polar surface area (TPSA) is 72.2 Å². The number of nitrogens with one attached hydrogen (secondary N) is 1. The van der Waals surface area contributed by atoms with Gasteiger partial charge in [-0.1, -0.05) is 17.7 Å². The van der Waals surface area contributed by atoms with Crippen molar-refractivity contribution in [2.24, 2.45) is 0 Å². The second-order valence-corrected chi connectivity index (χ2v) is 4.56. The monoisotopic (exact) mass is 240 g/mol. The Bertz CT molecular complexity index is 426. The lowest BCUT2D eigenvalue weighted by Crippen LogP contribution is -2.14. The van der Waals surface area contributed by atoms with Crippen LogP contribution in [-0.2, 0) is 10.3 Å². The summed E-state index contributed by atoms with van der Waals surface area (Å²) >= 11 is 0. The molecule has 1 aliphatic heterocycles. The molecule has 88 valence electrons. The molecular formula is C11H16N2O2S. The van der Waals surface area contributed by atoms with E-state index in [9.17, 15) is 8.42 Å². The number of benzene rings is 1. The second-order valence-electron chi connectivity index (χ2n) is 3.60. The van der Waals surface area contributed by atoms with Crippen LogP contribution in [0.25, 0.3) is 0 Å². The molecule has 0 bridgehead atoms. The Labute approximate surface area is 97.0 Å². The highest BCUT2D eigenvalue weighted by Crippen LogP contribution is 2.02. The van der Waals surface area contributed by atoms with Gasteiger partial charge < -0.3 is 5.73 Å². The van der Waals surface area contributed by atoms with Crippen molar-refractivity contribution < 1.29 is 8.42 Å². The van der Waals surface area contributed by atoms with Crippen LogP contribution in [0.5, 0.6) is 0 Å². The van der Waals surface area contributed by atoms with Gasteiger partial charge in [0, 0.05) is 12.2 Å². The molecule has 1 fully saturated rings. The zero-order valence-corrected chi connectivity index (χ0v) is 10.0. The number of nitrogens with two attached hydrogens (primary N) is 1. The molecule has 16 heavy (non-hydrogen) atoms. The van der Waals surface area contributed by atoms with Crippen LogP contribution in [0.3, 0.4) is 0 Å². The first-order valence-corrected chi connectivity index (χ1v) is 6.18. The Kier molecular flexibility index (Phi) is 5.01. The van der Waals surface area contributed by atoms with E-state index >= 15 is 0 Å². The maximum Gasteiger partial charge on any atom is 0.228 e. The molecule has 0 unspecified atom stereocenters. The molecule has 3 N–H and O–H groups in total. The molecule has 1 aliphatic rings. The van der Waals surface area contributed by atoms with Gasteiger partial charge in [-0.15, -0.1) is 0 Å². The molecule has 4 nitrogen and oxygen atoms in total. The smallest absolute Gasteiger partial charge is 0.228 e. The van der Waals surface area contributed by atoms with Crippen molar-refractivity contribution in [2.45, 2.75) is 19.8 Å². The summed E-state index contributed by atoms with van der Waals surface area (Å²) in [6.07, 6.45) is 1.64. The number of hydrogen-bond donors (Lipinski definition) is 2. The van der Waals surface area contributed by atoms with Crippen LogP contribution < -0.4 is 11.1 Å². The van der Waals surface area contributed by atoms with E-state index in [1.807, 2.05) is 31.2 Å². The number of nitrogen functional groups attached to an aromatic ring is 1. The molecule has 0 radical (unpaired) electrons. The van der Waals surface area contributed by atoms with Gasteiger partial charge in [-0.25, -0.2) is 0 Å². The van der Waals surface area contributed by atoms with Crippen LogP contribution in [0.15, 0.2) is 24.3 Å². The summed E-state index contributed by atoms with van der Waals surface area (Å²) in [4.78, 5) is 0.463.